The molecule has 0 atom stereocenters. The number of carbonyl (C=O) groups excluding carboxylic acids is 2. The van der Waals surface area contributed by atoms with E-state index in [1.807, 2.05) is 24.3 Å². The molecule has 2 saturated carbocycles. The second kappa shape index (κ2) is 13.0. The van der Waals surface area contributed by atoms with Crippen LogP contribution in [0.4, 0.5) is 5.13 Å². The molecular weight excluding hydrogens is 728 g/mol. The molecular formula is C28H29I2N3O4S. The summed E-state index contributed by atoms with van der Waals surface area (Å²) >= 11 is 6.40. The van der Waals surface area contributed by atoms with Gasteiger partial charge in [-0.2, -0.15) is 5.10 Å². The predicted octanol–water partition coefficient (Wildman–Crippen LogP) is 7.54. The number of esters is 2. The van der Waals surface area contributed by atoms with Crippen LogP contribution >= 0.6 is 56.5 Å². The first-order valence-electron chi connectivity index (χ1n) is 12.9. The molecule has 0 bridgehead atoms. The molecule has 1 aromatic heterocycles. The average molecular weight is 757 g/mol. The molecule has 2 aliphatic rings. The number of hydrogen-bond donors (Lipinski definition) is 1. The van der Waals surface area contributed by atoms with Gasteiger partial charge in [-0.15, -0.1) is 0 Å². The minimum Gasteiger partial charge on any atom is -0.426 e. The quantitative estimate of drug-likeness (QED) is 0.0670. The number of ether oxygens (including phenoxy) is 2. The highest BCUT2D eigenvalue weighted by molar-refractivity contribution is 14.1. The molecule has 0 unspecified atom stereocenters. The summed E-state index contributed by atoms with van der Waals surface area (Å²) in [7, 11) is 0. The van der Waals surface area contributed by atoms with Gasteiger partial charge in [0.2, 0.25) is 5.13 Å². The molecule has 200 valence electrons. The Hall–Kier alpha value is -1.80. The van der Waals surface area contributed by atoms with Gasteiger partial charge in [-0.25, -0.2) is 4.98 Å². The molecule has 2 fully saturated rings. The molecule has 7 nitrogen and oxygen atoms in total. The van der Waals surface area contributed by atoms with E-state index >= 15 is 0 Å². The molecule has 0 spiro atoms. The number of alkyl halides is 2. The van der Waals surface area contributed by atoms with Crippen molar-refractivity contribution < 1.29 is 19.1 Å². The van der Waals surface area contributed by atoms with Crippen molar-refractivity contribution in [1.82, 2.24) is 4.98 Å². The number of aromatic nitrogens is 1. The summed E-state index contributed by atoms with van der Waals surface area (Å²) in [5, 5.41) is 5.01. The van der Waals surface area contributed by atoms with Gasteiger partial charge < -0.3 is 9.47 Å². The minimum atomic E-state index is -0.220. The van der Waals surface area contributed by atoms with Gasteiger partial charge in [0.15, 0.2) is 0 Å². The third kappa shape index (κ3) is 7.23. The number of hydrazone groups is 1. The van der Waals surface area contributed by atoms with Crippen LogP contribution in [0.3, 0.4) is 0 Å². The van der Waals surface area contributed by atoms with Gasteiger partial charge >= 0.3 is 11.9 Å². The lowest BCUT2D eigenvalue weighted by Gasteiger charge is -2.24. The molecule has 0 radical (unpaired) electrons. The second-order valence-electron chi connectivity index (χ2n) is 9.80. The monoisotopic (exact) mass is 757 g/mol. The number of carbonyl (C=O) groups is 2. The number of para-hydroxylation sites is 1. The zero-order chi connectivity index (χ0) is 26.5. The first-order valence-corrected chi connectivity index (χ1v) is 16.3. The van der Waals surface area contributed by atoms with Crippen molar-refractivity contribution in [2.75, 3.05) is 5.43 Å². The SMILES string of the molecule is O=C(Oc1ccc(OC(=O)C2CCC(I)CC2)c(/C=N/Nc2nc3ccccc3s2)c1)C1CCC(I)CC1. The normalized spacial score (nSPS) is 23.8. The molecule has 3 aromatic rings. The van der Waals surface area contributed by atoms with Gasteiger partial charge in [0.25, 0.3) is 0 Å². The van der Waals surface area contributed by atoms with Gasteiger partial charge in [-0.1, -0.05) is 68.7 Å². The fourth-order valence-corrected chi connectivity index (χ4v) is 7.08. The lowest BCUT2D eigenvalue weighted by molar-refractivity contribution is -0.141. The first kappa shape index (κ1) is 27.8. The van der Waals surface area contributed by atoms with Crippen LogP contribution in [0, 0.1) is 11.8 Å². The van der Waals surface area contributed by atoms with Crippen LogP contribution in [0.15, 0.2) is 47.6 Å². The van der Waals surface area contributed by atoms with Crippen LogP contribution in [0.1, 0.15) is 56.9 Å². The first-order chi connectivity index (χ1) is 18.4. The summed E-state index contributed by atoms with van der Waals surface area (Å²) in [6.45, 7) is 0. The summed E-state index contributed by atoms with van der Waals surface area (Å²) in [4.78, 5) is 30.3. The summed E-state index contributed by atoms with van der Waals surface area (Å²) in [5.74, 6) is 0.206. The summed E-state index contributed by atoms with van der Waals surface area (Å²) in [5.41, 5.74) is 4.43. The average Bonchev–Trinajstić information content (AvgIpc) is 3.33. The molecule has 10 heteroatoms. The number of thiazole rings is 1. The molecule has 38 heavy (non-hydrogen) atoms. The Kier molecular flexibility index (Phi) is 9.52. The third-order valence-corrected chi connectivity index (χ3v) is 10.5. The van der Waals surface area contributed by atoms with Crippen LogP contribution in [-0.4, -0.2) is 31.0 Å². The number of nitrogens with one attached hydrogen (secondary N) is 1. The highest BCUT2D eigenvalue weighted by Gasteiger charge is 2.28. The van der Waals surface area contributed by atoms with E-state index in [0.29, 0.717) is 30.0 Å². The van der Waals surface area contributed by atoms with E-state index < -0.39 is 0 Å². The highest BCUT2D eigenvalue weighted by Crippen LogP contribution is 2.33. The smallest absolute Gasteiger partial charge is 0.314 e. The highest BCUT2D eigenvalue weighted by atomic mass is 127. The molecule has 0 amide bonds. The summed E-state index contributed by atoms with van der Waals surface area (Å²) < 4.78 is 13.9. The van der Waals surface area contributed by atoms with E-state index in [1.165, 1.54) is 11.3 Å². The Labute approximate surface area is 253 Å². The van der Waals surface area contributed by atoms with Crippen LogP contribution in [-0.2, 0) is 9.59 Å². The van der Waals surface area contributed by atoms with Crippen molar-refractivity contribution in [3.05, 3.63) is 48.0 Å². The van der Waals surface area contributed by atoms with Crippen LogP contribution < -0.4 is 14.9 Å². The fourth-order valence-electron chi connectivity index (χ4n) is 4.83. The molecule has 0 saturated heterocycles. The Morgan fingerprint density at radius 3 is 2.18 bits per heavy atom. The Morgan fingerprint density at radius 1 is 0.895 bits per heavy atom. The molecule has 1 N–H and O–H groups in total. The predicted molar refractivity (Wildman–Crippen MR) is 168 cm³/mol. The Balaban J connectivity index is 1.32. The molecule has 2 aliphatic carbocycles. The molecule has 2 aromatic carbocycles. The van der Waals surface area contributed by atoms with Crippen molar-refractivity contribution in [2.24, 2.45) is 16.9 Å². The number of rotatable bonds is 7. The number of benzene rings is 2. The maximum absolute atomic E-state index is 12.9. The number of hydrogen-bond acceptors (Lipinski definition) is 8. The lowest BCUT2D eigenvalue weighted by Crippen LogP contribution is -2.26. The zero-order valence-electron chi connectivity index (χ0n) is 20.8. The van der Waals surface area contributed by atoms with Gasteiger partial charge in [0, 0.05) is 13.4 Å². The van der Waals surface area contributed by atoms with Gasteiger partial charge in [-0.05, 0) is 81.7 Å². The third-order valence-electron chi connectivity index (χ3n) is 7.05. The maximum atomic E-state index is 12.9. The molecule has 1 heterocycles. The van der Waals surface area contributed by atoms with Crippen LogP contribution in [0.25, 0.3) is 10.2 Å². The zero-order valence-corrected chi connectivity index (χ0v) is 25.9. The van der Waals surface area contributed by atoms with Crippen molar-refractivity contribution in [3.8, 4) is 11.5 Å². The maximum Gasteiger partial charge on any atom is 0.314 e. The van der Waals surface area contributed by atoms with Crippen molar-refractivity contribution in [1.29, 1.82) is 0 Å². The van der Waals surface area contributed by atoms with Crippen LogP contribution in [0.2, 0.25) is 0 Å². The van der Waals surface area contributed by atoms with Crippen molar-refractivity contribution in [2.45, 2.75) is 59.2 Å². The van der Waals surface area contributed by atoms with Gasteiger partial charge in [0.1, 0.15) is 11.5 Å². The Bertz CT molecular complexity index is 1280. The van der Waals surface area contributed by atoms with E-state index in [0.717, 1.165) is 61.6 Å². The fraction of sp³-hybridized carbons (Fsp3) is 0.429. The number of halogens is 2. The minimum absolute atomic E-state index is 0.0793. The molecule has 5 rings (SSSR count). The van der Waals surface area contributed by atoms with E-state index in [9.17, 15) is 9.59 Å². The number of nitrogens with zero attached hydrogens (tertiary/aromatic N) is 2. The van der Waals surface area contributed by atoms with Gasteiger partial charge in [0.05, 0.1) is 28.3 Å². The van der Waals surface area contributed by atoms with Crippen molar-refractivity contribution >= 4 is 90.0 Å². The molecule has 0 aliphatic heterocycles. The van der Waals surface area contributed by atoms with E-state index in [1.54, 1.807) is 24.4 Å². The standard InChI is InChI=1S/C28H29I2N3O4S/c29-20-9-5-17(6-10-20)26(34)36-22-13-14-24(37-27(35)18-7-11-21(30)12-8-18)19(15-22)16-31-33-28-32-23-3-1-2-4-25(23)38-28/h1-4,13-18,20-21H,5-12H2,(H,32,33)/b31-16+. The number of anilines is 1. The lowest BCUT2D eigenvalue weighted by atomic mass is 9.89. The topological polar surface area (TPSA) is 89.9 Å². The van der Waals surface area contributed by atoms with Crippen LogP contribution in [0.5, 0.6) is 11.5 Å². The largest absolute Gasteiger partial charge is 0.426 e. The van der Waals surface area contributed by atoms with E-state index in [4.69, 9.17) is 9.47 Å². The summed E-state index contributed by atoms with van der Waals surface area (Å²) in [6, 6.07) is 13.0. The van der Waals surface area contributed by atoms with Crippen molar-refractivity contribution in [3.63, 3.8) is 0 Å². The second-order valence-corrected chi connectivity index (χ2v) is 14.4. The Morgan fingerprint density at radius 2 is 1.53 bits per heavy atom. The van der Waals surface area contributed by atoms with Gasteiger partial charge in [-0.3, -0.25) is 15.0 Å². The van der Waals surface area contributed by atoms with E-state index in [-0.39, 0.29) is 23.8 Å². The van der Waals surface area contributed by atoms with E-state index in [2.05, 4.69) is 60.7 Å². The number of fused-ring (bicyclic) bond motifs is 1. The summed E-state index contributed by atoms with van der Waals surface area (Å²) in [6.07, 6.45) is 9.06.